The Kier molecular flexibility index (Phi) is 5.21. The second-order valence-corrected chi connectivity index (χ2v) is 6.24. The first kappa shape index (κ1) is 19.6. The van der Waals surface area contributed by atoms with Crippen LogP contribution in [0.5, 0.6) is 0 Å². The van der Waals surface area contributed by atoms with Crippen LogP contribution in [0.1, 0.15) is 22.6 Å². The molecule has 2 heterocycles. The average Bonchev–Trinajstić information content (AvgIpc) is 3.17. The molecule has 0 aliphatic carbocycles. The topological polar surface area (TPSA) is 64.7 Å². The predicted molar refractivity (Wildman–Crippen MR) is 93.1 cm³/mol. The number of rotatable bonds is 5. The second kappa shape index (κ2) is 7.45. The van der Waals surface area contributed by atoms with Crippen molar-refractivity contribution in [3.05, 3.63) is 65.0 Å². The van der Waals surface area contributed by atoms with E-state index in [9.17, 15) is 22.4 Å². The molecule has 1 N–H and O–H groups in total. The molecule has 0 aliphatic rings. The first-order valence-electron chi connectivity index (χ1n) is 8.33. The number of halogens is 4. The van der Waals surface area contributed by atoms with Crippen LogP contribution in [0, 0.1) is 19.7 Å². The molecule has 1 aromatic carbocycles. The van der Waals surface area contributed by atoms with Gasteiger partial charge in [-0.3, -0.25) is 14.2 Å². The summed E-state index contributed by atoms with van der Waals surface area (Å²) < 4.78 is 54.1. The van der Waals surface area contributed by atoms with Crippen LogP contribution in [-0.4, -0.2) is 25.5 Å². The molecular weight excluding hydrogens is 378 g/mol. The van der Waals surface area contributed by atoms with E-state index in [-0.39, 0.29) is 18.9 Å². The molecule has 1 amide bonds. The van der Waals surface area contributed by atoms with Crippen molar-refractivity contribution < 1.29 is 22.4 Å². The fourth-order valence-corrected chi connectivity index (χ4v) is 2.75. The maximum atomic E-state index is 13.9. The Labute approximate surface area is 157 Å². The molecule has 0 bridgehead atoms. The Bertz CT molecular complexity index is 1010. The molecule has 10 heteroatoms. The van der Waals surface area contributed by atoms with Crippen LogP contribution in [-0.2, 0) is 24.1 Å². The van der Waals surface area contributed by atoms with E-state index < -0.39 is 17.8 Å². The molecule has 3 aromatic rings. The number of nitrogens with one attached hydrogen (secondary N) is 1. The second-order valence-electron chi connectivity index (χ2n) is 6.24. The minimum atomic E-state index is -4.57. The molecule has 0 atom stereocenters. The van der Waals surface area contributed by atoms with E-state index in [1.165, 1.54) is 6.07 Å². The summed E-state index contributed by atoms with van der Waals surface area (Å²) in [7, 11) is 0. The standard InChI is InChI=1S/C18H17F4N5O/c1-11-17(12(2)27(24-11)9-13-5-3-4-6-14(13)19)23-16(28)10-26-8-7-15(25-26)18(20,21)22/h3-8H,9-10H2,1-2H3,(H,23,28). The van der Waals surface area contributed by atoms with Crippen LogP contribution in [0.3, 0.4) is 0 Å². The maximum absolute atomic E-state index is 13.9. The summed E-state index contributed by atoms with van der Waals surface area (Å²) in [6, 6.07) is 7.09. The smallest absolute Gasteiger partial charge is 0.321 e. The van der Waals surface area contributed by atoms with Crippen molar-refractivity contribution in [2.24, 2.45) is 0 Å². The summed E-state index contributed by atoms with van der Waals surface area (Å²) in [4.78, 5) is 12.2. The zero-order chi connectivity index (χ0) is 20.5. The van der Waals surface area contributed by atoms with E-state index in [1.807, 2.05) is 0 Å². The Morgan fingerprint density at radius 1 is 1.14 bits per heavy atom. The lowest BCUT2D eigenvalue weighted by Gasteiger charge is -2.08. The fraction of sp³-hybridized carbons (Fsp3) is 0.278. The van der Waals surface area contributed by atoms with Gasteiger partial charge in [-0.15, -0.1) is 0 Å². The third-order valence-corrected chi connectivity index (χ3v) is 4.16. The van der Waals surface area contributed by atoms with E-state index in [0.717, 1.165) is 16.9 Å². The summed E-state index contributed by atoms with van der Waals surface area (Å²) in [5, 5.41) is 10.3. The molecule has 0 saturated heterocycles. The van der Waals surface area contributed by atoms with E-state index in [2.05, 4.69) is 15.5 Å². The highest BCUT2D eigenvalue weighted by molar-refractivity contribution is 5.91. The zero-order valence-corrected chi connectivity index (χ0v) is 15.1. The molecule has 0 fully saturated rings. The van der Waals surface area contributed by atoms with Gasteiger partial charge in [-0.1, -0.05) is 18.2 Å². The number of aromatic nitrogens is 4. The predicted octanol–water partition coefficient (Wildman–Crippen LogP) is 3.54. The van der Waals surface area contributed by atoms with Gasteiger partial charge in [0.05, 0.1) is 23.6 Å². The number of alkyl halides is 3. The van der Waals surface area contributed by atoms with Crippen LogP contribution in [0.4, 0.5) is 23.2 Å². The first-order valence-corrected chi connectivity index (χ1v) is 8.33. The molecule has 2 aromatic heterocycles. The van der Waals surface area contributed by atoms with Crippen molar-refractivity contribution in [3.8, 4) is 0 Å². The lowest BCUT2D eigenvalue weighted by molar-refractivity contribution is -0.141. The van der Waals surface area contributed by atoms with E-state index in [0.29, 0.717) is 22.6 Å². The molecule has 0 radical (unpaired) electrons. The van der Waals surface area contributed by atoms with Gasteiger partial charge in [-0.05, 0) is 26.0 Å². The third kappa shape index (κ3) is 4.21. The summed E-state index contributed by atoms with van der Waals surface area (Å²) >= 11 is 0. The number of aryl methyl sites for hydroxylation is 1. The summed E-state index contributed by atoms with van der Waals surface area (Å²) in [6.07, 6.45) is -3.48. The Morgan fingerprint density at radius 2 is 1.86 bits per heavy atom. The van der Waals surface area contributed by atoms with Crippen LogP contribution < -0.4 is 5.32 Å². The van der Waals surface area contributed by atoms with E-state index in [4.69, 9.17) is 0 Å². The number of hydrogen-bond acceptors (Lipinski definition) is 3. The molecule has 28 heavy (non-hydrogen) atoms. The van der Waals surface area contributed by atoms with Crippen LogP contribution >= 0.6 is 0 Å². The van der Waals surface area contributed by atoms with Crippen molar-refractivity contribution in [3.63, 3.8) is 0 Å². The molecule has 148 valence electrons. The largest absolute Gasteiger partial charge is 0.435 e. The van der Waals surface area contributed by atoms with Gasteiger partial charge in [0.1, 0.15) is 12.4 Å². The maximum Gasteiger partial charge on any atom is 0.435 e. The van der Waals surface area contributed by atoms with Gasteiger partial charge >= 0.3 is 6.18 Å². The normalized spacial score (nSPS) is 11.6. The molecule has 3 rings (SSSR count). The van der Waals surface area contributed by atoms with Crippen LogP contribution in [0.25, 0.3) is 0 Å². The van der Waals surface area contributed by atoms with Crippen molar-refractivity contribution in [2.75, 3.05) is 5.32 Å². The van der Waals surface area contributed by atoms with Crippen molar-refractivity contribution in [2.45, 2.75) is 33.1 Å². The quantitative estimate of drug-likeness (QED) is 0.672. The van der Waals surface area contributed by atoms with E-state index >= 15 is 0 Å². The highest BCUT2D eigenvalue weighted by atomic mass is 19.4. The monoisotopic (exact) mass is 395 g/mol. The highest BCUT2D eigenvalue weighted by Gasteiger charge is 2.33. The minimum Gasteiger partial charge on any atom is -0.321 e. The zero-order valence-electron chi connectivity index (χ0n) is 15.1. The average molecular weight is 395 g/mol. The Balaban J connectivity index is 1.72. The number of carbonyl (C=O) groups excluding carboxylic acids is 1. The lowest BCUT2D eigenvalue weighted by Crippen LogP contribution is -2.20. The van der Waals surface area contributed by atoms with E-state index in [1.54, 1.807) is 36.7 Å². The number of nitrogens with zero attached hydrogens (tertiary/aromatic N) is 4. The molecule has 0 unspecified atom stereocenters. The third-order valence-electron chi connectivity index (χ3n) is 4.16. The van der Waals surface area contributed by atoms with Crippen LogP contribution in [0.2, 0.25) is 0 Å². The van der Waals surface area contributed by atoms with Gasteiger partial charge in [0, 0.05) is 11.8 Å². The van der Waals surface area contributed by atoms with Gasteiger partial charge in [0.2, 0.25) is 5.91 Å². The van der Waals surface area contributed by atoms with Gasteiger partial charge < -0.3 is 5.32 Å². The number of hydrogen-bond donors (Lipinski definition) is 1. The van der Waals surface area contributed by atoms with Crippen molar-refractivity contribution >= 4 is 11.6 Å². The lowest BCUT2D eigenvalue weighted by atomic mass is 10.2. The molecule has 0 saturated carbocycles. The number of amides is 1. The molecule has 0 aliphatic heterocycles. The Morgan fingerprint density at radius 3 is 2.50 bits per heavy atom. The number of carbonyl (C=O) groups is 1. The summed E-state index contributed by atoms with van der Waals surface area (Å²) in [5.74, 6) is -0.909. The first-order chi connectivity index (χ1) is 13.1. The van der Waals surface area contributed by atoms with Crippen LogP contribution in [0.15, 0.2) is 36.5 Å². The highest BCUT2D eigenvalue weighted by Crippen LogP contribution is 2.27. The summed E-state index contributed by atoms with van der Waals surface area (Å²) in [6.45, 7) is 3.19. The van der Waals surface area contributed by atoms with Gasteiger partial charge in [0.15, 0.2) is 5.69 Å². The fourth-order valence-electron chi connectivity index (χ4n) is 2.75. The van der Waals surface area contributed by atoms with Gasteiger partial charge in [-0.2, -0.15) is 23.4 Å². The number of benzene rings is 1. The molecule has 6 nitrogen and oxygen atoms in total. The number of anilines is 1. The van der Waals surface area contributed by atoms with Crippen molar-refractivity contribution in [1.29, 1.82) is 0 Å². The Hall–Kier alpha value is -3.17. The van der Waals surface area contributed by atoms with Crippen molar-refractivity contribution in [1.82, 2.24) is 19.6 Å². The SMILES string of the molecule is Cc1nn(Cc2ccccc2F)c(C)c1NC(=O)Cn1ccc(C(F)(F)F)n1. The van der Waals surface area contributed by atoms with Gasteiger partial charge in [0.25, 0.3) is 0 Å². The van der Waals surface area contributed by atoms with Gasteiger partial charge in [-0.25, -0.2) is 4.39 Å². The molecular formula is C18H17F4N5O. The molecule has 0 spiro atoms. The minimum absolute atomic E-state index is 0.184. The summed E-state index contributed by atoms with van der Waals surface area (Å²) in [5.41, 5.74) is 0.932.